The molecule has 0 radical (unpaired) electrons. The van der Waals surface area contributed by atoms with Gasteiger partial charge in [0.2, 0.25) is 0 Å². The molecule has 164 valence electrons. The van der Waals surface area contributed by atoms with Crippen LogP contribution in [-0.4, -0.2) is 34.7 Å². The molecule has 0 amide bonds. The fourth-order valence-electron chi connectivity index (χ4n) is 4.51. The monoisotopic (exact) mass is 446 g/mol. The van der Waals surface area contributed by atoms with Gasteiger partial charge in [0.15, 0.2) is 11.6 Å². The zero-order valence-corrected chi connectivity index (χ0v) is 17.7. The van der Waals surface area contributed by atoms with E-state index in [1.807, 2.05) is 10.3 Å². The highest BCUT2D eigenvalue weighted by atomic mass is 32.1. The zero-order valence-electron chi connectivity index (χ0n) is 16.9. The number of methoxy groups -OCH3 is 1. The van der Waals surface area contributed by atoms with Crippen molar-refractivity contribution >= 4 is 33.6 Å². The number of H-pyrrole nitrogens is 1. The number of anilines is 2. The molecule has 0 bridgehead atoms. The van der Waals surface area contributed by atoms with Crippen molar-refractivity contribution in [3.05, 3.63) is 43.2 Å². The third kappa shape index (κ3) is 3.10. The Morgan fingerprint density at radius 2 is 2.13 bits per heavy atom. The fraction of sp³-hybridized carbons (Fsp3) is 0.450. The van der Waals surface area contributed by atoms with Gasteiger partial charge in [0.05, 0.1) is 24.2 Å². The van der Waals surface area contributed by atoms with Gasteiger partial charge in [-0.2, -0.15) is 0 Å². The standard InChI is InChI=1S/C20H23FN6O3S/c1-30-17-15-11(18(28)25-20(29)27(15)10-2-3-10)14(23)12(21)16(17)26-6-4-9(8-26)13(22)19-24-5-7-31-19/h5,7,9-10,13H,2-4,6,8,22-23H2,1H3,(H,25,28,29). The zero-order chi connectivity index (χ0) is 21.9. The molecule has 1 aromatic carbocycles. The first-order valence-electron chi connectivity index (χ1n) is 10.2. The molecule has 3 aromatic rings. The molecule has 2 aromatic heterocycles. The van der Waals surface area contributed by atoms with E-state index in [9.17, 15) is 9.59 Å². The topological polar surface area (TPSA) is 132 Å². The summed E-state index contributed by atoms with van der Waals surface area (Å²) in [5, 5.41) is 2.66. The van der Waals surface area contributed by atoms with Crippen LogP contribution in [0.25, 0.3) is 10.9 Å². The minimum atomic E-state index is -0.723. The van der Waals surface area contributed by atoms with Crippen LogP contribution in [0, 0.1) is 11.7 Å². The normalized spacial score (nSPS) is 19.8. The van der Waals surface area contributed by atoms with Gasteiger partial charge in [0.1, 0.15) is 16.2 Å². The third-order valence-electron chi connectivity index (χ3n) is 6.19. The molecular weight excluding hydrogens is 423 g/mol. The van der Waals surface area contributed by atoms with E-state index in [4.69, 9.17) is 16.2 Å². The lowest BCUT2D eigenvalue weighted by Crippen LogP contribution is -2.32. The number of hydrogen-bond donors (Lipinski definition) is 3. The van der Waals surface area contributed by atoms with E-state index in [1.54, 1.807) is 6.20 Å². The maximum Gasteiger partial charge on any atom is 0.329 e. The summed E-state index contributed by atoms with van der Waals surface area (Å²) in [7, 11) is 1.41. The summed E-state index contributed by atoms with van der Waals surface area (Å²) in [6, 6.07) is -0.326. The van der Waals surface area contributed by atoms with Crippen LogP contribution in [0.15, 0.2) is 21.2 Å². The van der Waals surface area contributed by atoms with Crippen molar-refractivity contribution in [3.63, 3.8) is 0 Å². The van der Waals surface area contributed by atoms with Crippen molar-refractivity contribution in [1.82, 2.24) is 14.5 Å². The smallest absolute Gasteiger partial charge is 0.329 e. The number of rotatable bonds is 5. The van der Waals surface area contributed by atoms with Crippen molar-refractivity contribution < 1.29 is 9.13 Å². The summed E-state index contributed by atoms with van der Waals surface area (Å²) < 4.78 is 22.6. The lowest BCUT2D eigenvalue weighted by atomic mass is 10.0. The molecule has 0 spiro atoms. The van der Waals surface area contributed by atoms with Crippen LogP contribution in [0.2, 0.25) is 0 Å². The van der Waals surface area contributed by atoms with Crippen molar-refractivity contribution in [3.8, 4) is 5.75 Å². The van der Waals surface area contributed by atoms with Gasteiger partial charge >= 0.3 is 5.69 Å². The molecule has 2 atom stereocenters. The first kappa shape index (κ1) is 20.0. The molecule has 9 nitrogen and oxygen atoms in total. The van der Waals surface area contributed by atoms with Crippen LogP contribution in [0.4, 0.5) is 15.8 Å². The number of thiazole rings is 1. The third-order valence-corrected chi connectivity index (χ3v) is 7.07. The van der Waals surface area contributed by atoms with Gasteiger partial charge < -0.3 is 21.1 Å². The number of benzene rings is 1. The molecule has 5 rings (SSSR count). The number of aromatic nitrogens is 3. The second kappa shape index (κ2) is 7.34. The summed E-state index contributed by atoms with van der Waals surface area (Å²) >= 11 is 1.50. The number of nitrogens with two attached hydrogens (primary N) is 2. The number of ether oxygens (including phenoxy) is 1. The van der Waals surface area contributed by atoms with Crippen molar-refractivity contribution in [2.24, 2.45) is 11.7 Å². The number of nitrogen functional groups attached to an aromatic ring is 1. The molecule has 11 heteroatoms. The van der Waals surface area contributed by atoms with Crippen LogP contribution in [0.1, 0.15) is 36.4 Å². The highest BCUT2D eigenvalue weighted by Crippen LogP contribution is 2.46. The number of hydrogen-bond acceptors (Lipinski definition) is 8. The predicted octanol–water partition coefficient (Wildman–Crippen LogP) is 1.74. The van der Waals surface area contributed by atoms with E-state index in [0.29, 0.717) is 13.1 Å². The van der Waals surface area contributed by atoms with E-state index in [0.717, 1.165) is 24.3 Å². The van der Waals surface area contributed by atoms with E-state index in [2.05, 4.69) is 9.97 Å². The number of aromatic amines is 1. The summed E-state index contributed by atoms with van der Waals surface area (Å²) in [5.41, 5.74) is 11.4. The van der Waals surface area contributed by atoms with Gasteiger partial charge in [0.25, 0.3) is 5.56 Å². The molecule has 31 heavy (non-hydrogen) atoms. The molecular formula is C20H23FN6O3S. The maximum atomic E-state index is 15.5. The average molecular weight is 447 g/mol. The molecule has 2 aliphatic rings. The van der Waals surface area contributed by atoms with E-state index < -0.39 is 17.1 Å². The van der Waals surface area contributed by atoms with Gasteiger partial charge in [-0.15, -0.1) is 11.3 Å². The van der Waals surface area contributed by atoms with Crippen LogP contribution in [0.5, 0.6) is 5.75 Å². The second-order valence-corrected chi connectivity index (χ2v) is 9.01. The first-order valence-corrected chi connectivity index (χ1v) is 11.0. The van der Waals surface area contributed by atoms with Gasteiger partial charge in [-0.1, -0.05) is 0 Å². The SMILES string of the molecule is COc1c(N2CCC(C(N)c3nccs3)C2)c(F)c(N)c2c(=O)[nH]c(=O)n(C3CC3)c12. The lowest BCUT2D eigenvalue weighted by molar-refractivity contribution is 0.412. The van der Waals surface area contributed by atoms with Crippen LogP contribution in [0.3, 0.4) is 0 Å². The number of nitrogens with zero attached hydrogens (tertiary/aromatic N) is 3. The summed E-state index contributed by atoms with van der Waals surface area (Å²) in [4.78, 5) is 33.5. The molecule has 3 heterocycles. The second-order valence-electron chi connectivity index (χ2n) is 8.08. The van der Waals surface area contributed by atoms with Crippen molar-refractivity contribution in [2.45, 2.75) is 31.3 Å². The number of nitrogens with one attached hydrogen (secondary N) is 1. The Morgan fingerprint density at radius 1 is 1.35 bits per heavy atom. The lowest BCUT2D eigenvalue weighted by Gasteiger charge is -2.26. The summed E-state index contributed by atoms with van der Waals surface area (Å²) in [5.74, 6) is -0.503. The maximum absolute atomic E-state index is 15.5. The van der Waals surface area contributed by atoms with E-state index in [-0.39, 0.29) is 46.0 Å². The largest absolute Gasteiger partial charge is 0.492 e. The average Bonchev–Trinajstić information content (AvgIpc) is 3.23. The number of fused-ring (bicyclic) bond motifs is 1. The Hall–Kier alpha value is -2.92. The molecule has 1 saturated heterocycles. The predicted molar refractivity (Wildman–Crippen MR) is 117 cm³/mol. The van der Waals surface area contributed by atoms with E-state index >= 15 is 4.39 Å². The Balaban J connectivity index is 1.66. The minimum absolute atomic E-state index is 0.0557. The Kier molecular flexibility index (Phi) is 4.74. The summed E-state index contributed by atoms with van der Waals surface area (Å²) in [6.45, 7) is 1.02. The van der Waals surface area contributed by atoms with Gasteiger partial charge in [-0.3, -0.25) is 14.3 Å². The quantitative estimate of drug-likeness (QED) is 0.509. The molecule has 5 N–H and O–H groups in total. The Morgan fingerprint density at radius 3 is 2.77 bits per heavy atom. The Labute approximate surface area is 180 Å². The first-order chi connectivity index (χ1) is 14.9. The molecule has 1 aliphatic heterocycles. The molecule has 1 aliphatic carbocycles. The molecule has 1 saturated carbocycles. The highest BCUT2D eigenvalue weighted by molar-refractivity contribution is 7.09. The fourth-order valence-corrected chi connectivity index (χ4v) is 5.24. The van der Waals surface area contributed by atoms with Crippen LogP contribution >= 0.6 is 11.3 Å². The van der Waals surface area contributed by atoms with Crippen LogP contribution < -0.4 is 32.4 Å². The molecule has 2 fully saturated rings. The molecule has 2 unspecified atom stereocenters. The van der Waals surface area contributed by atoms with Gasteiger partial charge in [-0.05, 0) is 25.2 Å². The number of halogens is 1. The van der Waals surface area contributed by atoms with Gasteiger partial charge in [0, 0.05) is 30.7 Å². The van der Waals surface area contributed by atoms with Gasteiger partial charge in [-0.25, -0.2) is 14.2 Å². The van der Waals surface area contributed by atoms with Crippen molar-refractivity contribution in [2.75, 3.05) is 30.8 Å². The van der Waals surface area contributed by atoms with Crippen LogP contribution in [-0.2, 0) is 0 Å². The Bertz CT molecular complexity index is 1270. The van der Waals surface area contributed by atoms with Crippen molar-refractivity contribution in [1.29, 1.82) is 0 Å². The summed E-state index contributed by atoms with van der Waals surface area (Å²) in [6.07, 6.45) is 4.05. The highest BCUT2D eigenvalue weighted by Gasteiger charge is 2.36. The minimum Gasteiger partial charge on any atom is -0.492 e. The van der Waals surface area contributed by atoms with E-state index in [1.165, 1.54) is 23.0 Å².